The summed E-state index contributed by atoms with van der Waals surface area (Å²) in [5.74, 6) is -2.02. The third-order valence-electron chi connectivity index (χ3n) is 2.69. The van der Waals surface area contributed by atoms with Crippen molar-refractivity contribution in [1.82, 2.24) is 0 Å². The molecule has 0 spiro atoms. The summed E-state index contributed by atoms with van der Waals surface area (Å²) in [4.78, 5) is 0. The van der Waals surface area contributed by atoms with Crippen LogP contribution in [0.1, 0.15) is 18.5 Å². The van der Waals surface area contributed by atoms with Crippen LogP contribution >= 0.6 is 0 Å². The Hall–Kier alpha value is -1.81. The molecule has 1 nitrogen and oxygen atoms in total. The van der Waals surface area contributed by atoms with E-state index in [2.05, 4.69) is 0 Å². The minimum atomic E-state index is -0.740. The van der Waals surface area contributed by atoms with E-state index in [1.165, 1.54) is 12.1 Å². The van der Waals surface area contributed by atoms with Gasteiger partial charge in [-0.2, -0.15) is 0 Å². The lowest BCUT2D eigenvalue weighted by Gasteiger charge is -2.10. The van der Waals surface area contributed by atoms with E-state index in [0.717, 1.165) is 18.2 Å². The van der Waals surface area contributed by atoms with Crippen LogP contribution in [0.4, 0.5) is 13.2 Å². The predicted octanol–water partition coefficient (Wildman–Crippen LogP) is 3.79. The number of rotatable bonds is 2. The summed E-state index contributed by atoms with van der Waals surface area (Å²) in [5.41, 5.74) is 6.71. The molecule has 2 aromatic carbocycles. The molecule has 0 amide bonds. The van der Waals surface area contributed by atoms with Gasteiger partial charge in [0.15, 0.2) is 0 Å². The number of hydrogen-bond donors (Lipinski definition) is 1. The molecule has 0 aliphatic heterocycles. The fourth-order valence-corrected chi connectivity index (χ4v) is 1.76. The highest BCUT2D eigenvalue weighted by molar-refractivity contribution is 5.65. The lowest BCUT2D eigenvalue weighted by molar-refractivity contribution is 0.583. The Morgan fingerprint density at radius 3 is 2.11 bits per heavy atom. The Balaban J connectivity index is 2.58. The second kappa shape index (κ2) is 4.82. The van der Waals surface area contributed by atoms with Crippen molar-refractivity contribution in [3.8, 4) is 11.1 Å². The van der Waals surface area contributed by atoms with Gasteiger partial charge in [0, 0.05) is 17.7 Å². The summed E-state index contributed by atoms with van der Waals surface area (Å²) < 4.78 is 39.9. The molecule has 0 radical (unpaired) electrons. The van der Waals surface area contributed by atoms with Gasteiger partial charge in [-0.05, 0) is 42.3 Å². The third-order valence-corrected chi connectivity index (χ3v) is 2.69. The normalized spacial score (nSPS) is 12.5. The molecule has 0 heterocycles. The quantitative estimate of drug-likeness (QED) is 0.863. The van der Waals surface area contributed by atoms with Crippen molar-refractivity contribution in [2.75, 3.05) is 0 Å². The Bertz CT molecular complexity index is 559. The largest absolute Gasteiger partial charge is 0.324 e. The van der Waals surface area contributed by atoms with Gasteiger partial charge in [-0.25, -0.2) is 13.2 Å². The summed E-state index contributed by atoms with van der Waals surface area (Å²) in [6.07, 6.45) is 0. The maximum absolute atomic E-state index is 13.7. The van der Waals surface area contributed by atoms with Crippen LogP contribution in [0.2, 0.25) is 0 Å². The zero-order valence-corrected chi connectivity index (χ0v) is 9.75. The van der Waals surface area contributed by atoms with Crippen LogP contribution in [0.25, 0.3) is 11.1 Å². The van der Waals surface area contributed by atoms with E-state index in [4.69, 9.17) is 5.73 Å². The van der Waals surface area contributed by atoms with Crippen molar-refractivity contribution in [2.24, 2.45) is 5.73 Å². The molecule has 1 unspecified atom stereocenters. The molecule has 94 valence electrons. The molecule has 0 fully saturated rings. The molecule has 0 aliphatic carbocycles. The summed E-state index contributed by atoms with van der Waals surface area (Å²) in [6.45, 7) is 1.75. The Kier molecular flexibility index (Phi) is 3.39. The molecule has 0 aliphatic rings. The molecule has 2 aromatic rings. The topological polar surface area (TPSA) is 26.0 Å². The molecule has 4 heteroatoms. The van der Waals surface area contributed by atoms with Crippen molar-refractivity contribution >= 4 is 0 Å². The van der Waals surface area contributed by atoms with E-state index in [9.17, 15) is 13.2 Å². The van der Waals surface area contributed by atoms with Crippen molar-refractivity contribution in [3.63, 3.8) is 0 Å². The lowest BCUT2D eigenvalue weighted by Crippen LogP contribution is -2.05. The minimum absolute atomic E-state index is 0.142. The number of hydrogen-bond acceptors (Lipinski definition) is 1. The Morgan fingerprint density at radius 1 is 0.944 bits per heavy atom. The number of benzene rings is 2. The molecule has 2 N–H and O–H groups in total. The van der Waals surface area contributed by atoms with Crippen LogP contribution in [0.3, 0.4) is 0 Å². The van der Waals surface area contributed by atoms with Crippen molar-refractivity contribution in [3.05, 3.63) is 59.4 Å². The predicted molar refractivity (Wildman–Crippen MR) is 64.4 cm³/mol. The van der Waals surface area contributed by atoms with Crippen LogP contribution in [-0.4, -0.2) is 0 Å². The highest BCUT2D eigenvalue weighted by Crippen LogP contribution is 2.27. The molecule has 2 rings (SSSR count). The van der Waals surface area contributed by atoms with Gasteiger partial charge in [0.1, 0.15) is 17.5 Å². The first-order valence-electron chi connectivity index (χ1n) is 5.49. The first-order chi connectivity index (χ1) is 8.47. The molecular formula is C14H12F3N. The average molecular weight is 251 g/mol. The van der Waals surface area contributed by atoms with E-state index in [-0.39, 0.29) is 17.2 Å². The van der Waals surface area contributed by atoms with Crippen molar-refractivity contribution in [2.45, 2.75) is 13.0 Å². The van der Waals surface area contributed by atoms with Gasteiger partial charge in [0.05, 0.1) is 0 Å². The zero-order chi connectivity index (χ0) is 13.3. The fourth-order valence-electron chi connectivity index (χ4n) is 1.76. The summed E-state index contributed by atoms with van der Waals surface area (Å²) >= 11 is 0. The number of nitrogens with two attached hydrogens (primary N) is 1. The lowest BCUT2D eigenvalue weighted by atomic mass is 9.99. The maximum Gasteiger partial charge on any atom is 0.131 e. The Morgan fingerprint density at radius 2 is 1.56 bits per heavy atom. The molecule has 18 heavy (non-hydrogen) atoms. The van der Waals surface area contributed by atoms with Gasteiger partial charge >= 0.3 is 0 Å². The molecular weight excluding hydrogens is 239 g/mol. The van der Waals surface area contributed by atoms with Gasteiger partial charge in [-0.1, -0.05) is 6.07 Å². The third kappa shape index (κ3) is 2.54. The van der Waals surface area contributed by atoms with E-state index < -0.39 is 17.5 Å². The van der Waals surface area contributed by atoms with Gasteiger partial charge in [0.2, 0.25) is 0 Å². The SMILES string of the molecule is CC(N)c1ccc(F)c(-c2cc(F)cc(F)c2)c1. The zero-order valence-electron chi connectivity index (χ0n) is 9.75. The molecule has 0 saturated heterocycles. The van der Waals surface area contributed by atoms with Crippen LogP contribution in [0.15, 0.2) is 36.4 Å². The highest BCUT2D eigenvalue weighted by Gasteiger charge is 2.10. The van der Waals surface area contributed by atoms with E-state index >= 15 is 0 Å². The summed E-state index contributed by atoms with van der Waals surface area (Å²) in [6, 6.07) is 6.96. The summed E-state index contributed by atoms with van der Waals surface area (Å²) in [5, 5.41) is 0. The Labute approximate surface area is 103 Å². The molecule has 0 bridgehead atoms. The molecule has 0 aromatic heterocycles. The van der Waals surface area contributed by atoms with Gasteiger partial charge in [-0.3, -0.25) is 0 Å². The fraction of sp³-hybridized carbons (Fsp3) is 0.143. The minimum Gasteiger partial charge on any atom is -0.324 e. The monoisotopic (exact) mass is 251 g/mol. The first-order valence-corrected chi connectivity index (χ1v) is 5.49. The van der Waals surface area contributed by atoms with E-state index in [1.54, 1.807) is 13.0 Å². The van der Waals surface area contributed by atoms with Gasteiger partial charge < -0.3 is 5.73 Å². The highest BCUT2D eigenvalue weighted by atomic mass is 19.1. The molecule has 1 atom stereocenters. The molecule has 0 saturated carbocycles. The standard InChI is InChI=1S/C14H12F3N/c1-8(18)9-2-3-14(17)13(6-9)10-4-11(15)7-12(16)5-10/h2-8H,18H2,1H3. The van der Waals surface area contributed by atoms with Crippen molar-refractivity contribution < 1.29 is 13.2 Å². The van der Waals surface area contributed by atoms with Gasteiger partial charge in [-0.15, -0.1) is 0 Å². The maximum atomic E-state index is 13.7. The van der Waals surface area contributed by atoms with Crippen LogP contribution in [-0.2, 0) is 0 Å². The number of halogens is 3. The first kappa shape index (κ1) is 12.6. The van der Waals surface area contributed by atoms with Crippen LogP contribution in [0.5, 0.6) is 0 Å². The van der Waals surface area contributed by atoms with E-state index in [0.29, 0.717) is 5.56 Å². The smallest absolute Gasteiger partial charge is 0.131 e. The second-order valence-electron chi connectivity index (χ2n) is 4.19. The second-order valence-corrected chi connectivity index (χ2v) is 4.19. The van der Waals surface area contributed by atoms with Gasteiger partial charge in [0.25, 0.3) is 0 Å². The summed E-state index contributed by atoms with van der Waals surface area (Å²) in [7, 11) is 0. The van der Waals surface area contributed by atoms with Crippen LogP contribution in [0, 0.1) is 17.5 Å². The van der Waals surface area contributed by atoms with Crippen molar-refractivity contribution in [1.29, 1.82) is 0 Å². The van der Waals surface area contributed by atoms with E-state index in [1.807, 2.05) is 0 Å². The van der Waals surface area contributed by atoms with Crippen LogP contribution < -0.4 is 5.73 Å². The average Bonchev–Trinajstić information content (AvgIpc) is 2.27.